The first-order chi connectivity index (χ1) is 7.27. The lowest BCUT2D eigenvalue weighted by molar-refractivity contribution is 0.388. The van der Waals surface area contributed by atoms with Gasteiger partial charge in [-0.1, -0.05) is 16.8 Å². The minimum absolute atomic E-state index is 0.366. The molecule has 0 saturated carbocycles. The first kappa shape index (κ1) is 10.4. The van der Waals surface area contributed by atoms with Crippen molar-refractivity contribution < 1.29 is 4.52 Å². The summed E-state index contributed by atoms with van der Waals surface area (Å²) in [5.41, 5.74) is 0. The van der Waals surface area contributed by atoms with Crippen molar-refractivity contribution in [1.29, 1.82) is 0 Å². The lowest BCUT2D eigenvalue weighted by atomic mass is 10.4. The maximum atomic E-state index is 5.80. The molecule has 0 radical (unpaired) electrons. The van der Waals surface area contributed by atoms with Gasteiger partial charge in [0, 0.05) is 6.07 Å². The van der Waals surface area contributed by atoms with Crippen LogP contribution in [0.3, 0.4) is 0 Å². The zero-order valence-corrected chi connectivity index (χ0v) is 9.79. The molecule has 78 valence electrons. The van der Waals surface area contributed by atoms with Gasteiger partial charge in [0.15, 0.2) is 5.76 Å². The number of aromatic nitrogens is 3. The van der Waals surface area contributed by atoms with Gasteiger partial charge in [-0.2, -0.15) is 0 Å². The Bertz CT molecular complexity index is 448. The minimum atomic E-state index is 0.366. The van der Waals surface area contributed by atoms with Crippen molar-refractivity contribution in [2.24, 2.45) is 0 Å². The van der Waals surface area contributed by atoms with E-state index >= 15 is 0 Å². The lowest BCUT2D eigenvalue weighted by Crippen LogP contribution is -2.01. The average molecular weight is 290 g/mol. The number of hydrogen-bond acceptors (Lipinski definition) is 5. The Kier molecular flexibility index (Phi) is 3.17. The van der Waals surface area contributed by atoms with Gasteiger partial charge in [-0.05, 0) is 15.9 Å². The topological polar surface area (TPSA) is 63.8 Å². The number of nitrogens with one attached hydrogen (secondary N) is 1. The summed E-state index contributed by atoms with van der Waals surface area (Å²) in [7, 11) is 0. The Hall–Kier alpha value is -1.14. The summed E-state index contributed by atoms with van der Waals surface area (Å²) in [4.78, 5) is 7.84. The molecule has 7 heteroatoms. The third-order valence-electron chi connectivity index (χ3n) is 1.67. The minimum Gasteiger partial charge on any atom is -0.362 e. The number of anilines is 1. The molecule has 1 N–H and O–H groups in total. The predicted octanol–water partition coefficient (Wildman–Crippen LogP) is 2.49. The highest BCUT2D eigenvalue weighted by atomic mass is 79.9. The van der Waals surface area contributed by atoms with Crippen LogP contribution >= 0.6 is 27.5 Å². The van der Waals surface area contributed by atoms with Gasteiger partial charge in [0.05, 0.1) is 17.2 Å². The zero-order valence-electron chi connectivity index (χ0n) is 7.44. The van der Waals surface area contributed by atoms with Crippen LogP contribution in [0.5, 0.6) is 0 Å². The number of hydrogen-bond donors (Lipinski definition) is 1. The summed E-state index contributed by atoms with van der Waals surface area (Å²) in [6.07, 6.45) is 2.97. The monoisotopic (exact) mass is 288 g/mol. The van der Waals surface area contributed by atoms with Crippen molar-refractivity contribution in [3.8, 4) is 0 Å². The molecule has 0 aliphatic rings. The van der Waals surface area contributed by atoms with Crippen LogP contribution in [0, 0.1) is 0 Å². The van der Waals surface area contributed by atoms with Crippen LogP contribution in [0.15, 0.2) is 27.6 Å². The molecule has 0 saturated heterocycles. The fraction of sp³-hybridized carbons (Fsp3) is 0.125. The summed E-state index contributed by atoms with van der Waals surface area (Å²) >= 11 is 9.08. The molecule has 0 fully saturated rings. The average Bonchev–Trinajstić information content (AvgIpc) is 2.73. The van der Waals surface area contributed by atoms with Gasteiger partial charge in [-0.15, -0.1) is 0 Å². The van der Waals surface area contributed by atoms with E-state index in [1.165, 1.54) is 6.33 Å². The lowest BCUT2D eigenvalue weighted by Gasteiger charge is -2.05. The number of nitrogens with zero attached hydrogens (tertiary/aromatic N) is 3. The fourth-order valence-corrected chi connectivity index (χ4v) is 1.45. The highest BCUT2D eigenvalue weighted by Crippen LogP contribution is 2.26. The van der Waals surface area contributed by atoms with Gasteiger partial charge in [0.2, 0.25) is 0 Å². The molecule has 0 unspecified atom stereocenters. The molecule has 0 aliphatic heterocycles. The van der Waals surface area contributed by atoms with Crippen LogP contribution < -0.4 is 5.32 Å². The van der Waals surface area contributed by atoms with Gasteiger partial charge in [0.25, 0.3) is 0 Å². The van der Waals surface area contributed by atoms with Crippen LogP contribution in [0.1, 0.15) is 5.76 Å². The standard InChI is InChI=1S/C8H6BrClN4O/c9-6-7(10)12-4-13-8(6)11-3-5-1-2-14-15-5/h1-2,4H,3H2,(H,11,12,13). The van der Waals surface area contributed by atoms with E-state index < -0.39 is 0 Å². The van der Waals surface area contributed by atoms with Crippen molar-refractivity contribution >= 4 is 33.3 Å². The maximum absolute atomic E-state index is 5.80. The predicted molar refractivity (Wildman–Crippen MR) is 58.6 cm³/mol. The van der Waals surface area contributed by atoms with Crippen LogP contribution in [0.2, 0.25) is 5.15 Å². The van der Waals surface area contributed by atoms with E-state index in [0.29, 0.717) is 22.0 Å². The molecule has 2 heterocycles. The van der Waals surface area contributed by atoms with Crippen molar-refractivity contribution in [3.05, 3.63) is 34.0 Å². The molecule has 2 rings (SSSR count). The van der Waals surface area contributed by atoms with Crippen molar-refractivity contribution in [2.75, 3.05) is 5.32 Å². The van der Waals surface area contributed by atoms with E-state index in [2.05, 4.69) is 36.4 Å². The Balaban J connectivity index is 2.08. The highest BCUT2D eigenvalue weighted by molar-refractivity contribution is 9.10. The highest BCUT2D eigenvalue weighted by Gasteiger charge is 2.06. The zero-order chi connectivity index (χ0) is 10.7. The Labute approximate surface area is 99.0 Å². The van der Waals surface area contributed by atoms with Crippen LogP contribution in [-0.2, 0) is 6.54 Å². The molecule has 0 atom stereocenters. The number of halogens is 2. The molecule has 2 aromatic heterocycles. The van der Waals surface area contributed by atoms with Crippen molar-refractivity contribution in [3.63, 3.8) is 0 Å². The van der Waals surface area contributed by atoms with Crippen molar-refractivity contribution in [2.45, 2.75) is 6.54 Å². The molecule has 0 spiro atoms. The summed E-state index contributed by atoms with van der Waals surface area (Å²) in [5, 5.41) is 6.99. The Morgan fingerprint density at radius 2 is 2.33 bits per heavy atom. The second-order valence-electron chi connectivity index (χ2n) is 2.66. The summed E-state index contributed by atoms with van der Waals surface area (Å²) in [6.45, 7) is 0.492. The third-order valence-corrected chi connectivity index (χ3v) is 2.93. The SMILES string of the molecule is Clc1ncnc(NCc2ccno2)c1Br. The molecular formula is C8H6BrClN4O. The Morgan fingerprint density at radius 1 is 1.47 bits per heavy atom. The van der Waals surface area contributed by atoms with E-state index in [4.69, 9.17) is 16.1 Å². The van der Waals surface area contributed by atoms with Gasteiger partial charge < -0.3 is 9.84 Å². The van der Waals surface area contributed by atoms with Gasteiger partial charge in [-0.25, -0.2) is 9.97 Å². The van der Waals surface area contributed by atoms with Crippen LogP contribution in [-0.4, -0.2) is 15.1 Å². The Morgan fingerprint density at radius 3 is 3.07 bits per heavy atom. The van der Waals surface area contributed by atoms with E-state index in [-0.39, 0.29) is 0 Å². The van der Waals surface area contributed by atoms with Crippen LogP contribution in [0.25, 0.3) is 0 Å². The fourth-order valence-electron chi connectivity index (χ4n) is 0.976. The van der Waals surface area contributed by atoms with E-state index in [1.54, 1.807) is 12.3 Å². The van der Waals surface area contributed by atoms with E-state index in [0.717, 1.165) is 5.76 Å². The van der Waals surface area contributed by atoms with Gasteiger partial charge in [0.1, 0.15) is 17.3 Å². The first-order valence-corrected chi connectivity index (χ1v) is 5.24. The molecule has 5 nitrogen and oxygen atoms in total. The first-order valence-electron chi connectivity index (χ1n) is 4.07. The van der Waals surface area contributed by atoms with E-state index in [1.807, 2.05) is 0 Å². The summed E-state index contributed by atoms with van der Waals surface area (Å²) < 4.78 is 5.55. The number of rotatable bonds is 3. The molecule has 0 aliphatic carbocycles. The quantitative estimate of drug-likeness (QED) is 0.880. The summed E-state index contributed by atoms with van der Waals surface area (Å²) in [5.74, 6) is 1.34. The normalized spacial score (nSPS) is 10.3. The maximum Gasteiger partial charge on any atom is 0.155 e. The molecule has 0 bridgehead atoms. The third kappa shape index (κ3) is 2.45. The summed E-state index contributed by atoms with van der Waals surface area (Å²) in [6, 6.07) is 1.77. The molecule has 15 heavy (non-hydrogen) atoms. The molecule has 0 aromatic carbocycles. The second-order valence-corrected chi connectivity index (χ2v) is 3.81. The van der Waals surface area contributed by atoms with Crippen molar-refractivity contribution in [1.82, 2.24) is 15.1 Å². The van der Waals surface area contributed by atoms with Gasteiger partial charge >= 0.3 is 0 Å². The molecular weight excluding hydrogens is 283 g/mol. The van der Waals surface area contributed by atoms with E-state index in [9.17, 15) is 0 Å². The largest absolute Gasteiger partial charge is 0.362 e. The second kappa shape index (κ2) is 4.59. The van der Waals surface area contributed by atoms with Crippen LogP contribution in [0.4, 0.5) is 5.82 Å². The molecule has 0 amide bonds. The van der Waals surface area contributed by atoms with Gasteiger partial charge in [-0.3, -0.25) is 0 Å². The smallest absolute Gasteiger partial charge is 0.155 e. The molecule has 2 aromatic rings.